The van der Waals surface area contributed by atoms with Crippen molar-refractivity contribution in [3.05, 3.63) is 75.7 Å². The van der Waals surface area contributed by atoms with Gasteiger partial charge in [-0.25, -0.2) is 23.0 Å². The Labute approximate surface area is 171 Å². The first-order valence-corrected chi connectivity index (χ1v) is 8.57. The maximum absolute atomic E-state index is 14.1. The van der Waals surface area contributed by atoms with Crippen LogP contribution in [0.4, 0.5) is 32.0 Å². The van der Waals surface area contributed by atoms with Gasteiger partial charge in [-0.2, -0.15) is 13.2 Å². The average molecular weight is 451 g/mol. The number of ether oxygens (including phenoxy) is 1. The van der Waals surface area contributed by atoms with Crippen LogP contribution in [-0.2, 0) is 15.7 Å². The maximum Gasteiger partial charge on any atom is 0.417 e. The highest BCUT2D eigenvalue weighted by Crippen LogP contribution is 2.36. The van der Waals surface area contributed by atoms with Crippen LogP contribution in [0.5, 0.6) is 0 Å². The summed E-state index contributed by atoms with van der Waals surface area (Å²) < 4.78 is 85.8. The van der Waals surface area contributed by atoms with Crippen LogP contribution in [0.1, 0.15) is 18.1 Å². The Morgan fingerprint density at radius 2 is 1.77 bits per heavy atom. The first-order chi connectivity index (χ1) is 14.0. The molecule has 11 heteroatoms. The zero-order valence-corrected chi connectivity index (χ0v) is 15.9. The van der Waals surface area contributed by atoms with Crippen LogP contribution >= 0.6 is 11.6 Å². The van der Waals surface area contributed by atoms with Gasteiger partial charge in [0.05, 0.1) is 22.9 Å². The standard InChI is InChI=1S/C19H13ClF6N2O2/c1-2-30-18(29)11(8-27)16(28-17-14(22)6-10(21)7-15(17)23)9-3-4-13(20)12(5-9)19(24,25)26/h3-8H,2,27H2,1H3. The summed E-state index contributed by atoms with van der Waals surface area (Å²) in [6.07, 6.45) is -4.21. The summed E-state index contributed by atoms with van der Waals surface area (Å²) in [4.78, 5) is 15.8. The highest BCUT2D eigenvalue weighted by Gasteiger charge is 2.34. The van der Waals surface area contributed by atoms with Crippen molar-refractivity contribution in [2.24, 2.45) is 10.7 Å². The van der Waals surface area contributed by atoms with Gasteiger partial charge in [0.25, 0.3) is 0 Å². The zero-order chi connectivity index (χ0) is 22.6. The van der Waals surface area contributed by atoms with Crippen LogP contribution in [0.25, 0.3) is 0 Å². The second-order valence-electron chi connectivity index (χ2n) is 5.67. The predicted octanol–water partition coefficient (Wildman–Crippen LogP) is 5.30. The summed E-state index contributed by atoms with van der Waals surface area (Å²) in [6.45, 7) is 1.32. The molecule has 0 unspecified atom stereocenters. The second-order valence-corrected chi connectivity index (χ2v) is 6.08. The van der Waals surface area contributed by atoms with Gasteiger partial charge in [0.2, 0.25) is 0 Å². The molecule has 0 radical (unpaired) electrons. The van der Waals surface area contributed by atoms with Crippen LogP contribution in [0.2, 0.25) is 5.02 Å². The largest absolute Gasteiger partial charge is 0.462 e. The van der Waals surface area contributed by atoms with Crippen LogP contribution < -0.4 is 5.73 Å². The zero-order valence-electron chi connectivity index (χ0n) is 15.2. The second kappa shape index (κ2) is 9.21. The van der Waals surface area contributed by atoms with Gasteiger partial charge in [0.1, 0.15) is 17.1 Å². The van der Waals surface area contributed by atoms with E-state index < -0.39 is 57.2 Å². The molecule has 0 bridgehead atoms. The molecule has 0 spiro atoms. The molecule has 4 nitrogen and oxygen atoms in total. The van der Waals surface area contributed by atoms with E-state index in [1.807, 2.05) is 0 Å². The van der Waals surface area contributed by atoms with Crippen molar-refractivity contribution in [1.82, 2.24) is 0 Å². The molecule has 0 saturated heterocycles. The van der Waals surface area contributed by atoms with Crippen molar-refractivity contribution < 1.29 is 35.9 Å². The number of nitrogens with two attached hydrogens (primary N) is 1. The minimum Gasteiger partial charge on any atom is -0.462 e. The minimum absolute atomic E-state index is 0.128. The fourth-order valence-electron chi connectivity index (χ4n) is 2.38. The smallest absolute Gasteiger partial charge is 0.417 e. The Hall–Kier alpha value is -3.01. The molecule has 0 aliphatic carbocycles. The highest BCUT2D eigenvalue weighted by atomic mass is 35.5. The van der Waals surface area contributed by atoms with Gasteiger partial charge in [-0.05, 0) is 19.1 Å². The first-order valence-electron chi connectivity index (χ1n) is 8.19. The van der Waals surface area contributed by atoms with Crippen LogP contribution in [-0.4, -0.2) is 18.3 Å². The summed E-state index contributed by atoms with van der Waals surface area (Å²) in [5.41, 5.74) is 1.49. The van der Waals surface area contributed by atoms with Crippen LogP contribution in [0.3, 0.4) is 0 Å². The summed E-state index contributed by atoms with van der Waals surface area (Å²) in [7, 11) is 0. The molecular formula is C19H13ClF6N2O2. The number of nitrogens with zero attached hydrogens (tertiary/aromatic N) is 1. The lowest BCUT2D eigenvalue weighted by molar-refractivity contribution is -0.138. The molecule has 0 atom stereocenters. The van der Waals surface area contributed by atoms with E-state index in [-0.39, 0.29) is 12.2 Å². The van der Waals surface area contributed by atoms with Crippen molar-refractivity contribution in [1.29, 1.82) is 0 Å². The van der Waals surface area contributed by atoms with Crippen LogP contribution in [0, 0.1) is 17.5 Å². The van der Waals surface area contributed by atoms with E-state index in [9.17, 15) is 31.1 Å². The third-order valence-electron chi connectivity index (χ3n) is 3.67. The normalized spacial score (nSPS) is 12.8. The Kier molecular flexibility index (Phi) is 7.14. The van der Waals surface area contributed by atoms with E-state index in [0.29, 0.717) is 24.4 Å². The van der Waals surface area contributed by atoms with Gasteiger partial charge < -0.3 is 10.5 Å². The quantitative estimate of drug-likeness (QED) is 0.291. The third kappa shape index (κ3) is 5.12. The topological polar surface area (TPSA) is 64.7 Å². The first kappa shape index (κ1) is 23.3. The Morgan fingerprint density at radius 3 is 2.27 bits per heavy atom. The predicted molar refractivity (Wildman–Crippen MR) is 97.9 cm³/mol. The molecule has 0 heterocycles. The molecule has 0 aliphatic heterocycles. The lowest BCUT2D eigenvalue weighted by Crippen LogP contribution is -2.19. The van der Waals surface area contributed by atoms with E-state index in [1.54, 1.807) is 0 Å². The summed E-state index contributed by atoms with van der Waals surface area (Å²) in [5, 5.41) is -0.654. The van der Waals surface area contributed by atoms with Gasteiger partial charge >= 0.3 is 12.1 Å². The van der Waals surface area contributed by atoms with Crippen molar-refractivity contribution >= 4 is 29.0 Å². The van der Waals surface area contributed by atoms with Crippen molar-refractivity contribution in [3.63, 3.8) is 0 Å². The van der Waals surface area contributed by atoms with E-state index in [4.69, 9.17) is 22.1 Å². The van der Waals surface area contributed by atoms with E-state index in [2.05, 4.69) is 4.99 Å². The Morgan fingerprint density at radius 1 is 1.17 bits per heavy atom. The molecule has 0 aromatic heterocycles. The number of benzene rings is 2. The molecule has 160 valence electrons. The highest BCUT2D eigenvalue weighted by molar-refractivity contribution is 6.32. The lowest BCUT2D eigenvalue weighted by Gasteiger charge is -2.14. The fraction of sp³-hybridized carbons (Fsp3) is 0.158. The van der Waals surface area contributed by atoms with Crippen LogP contribution in [0.15, 0.2) is 47.1 Å². The van der Waals surface area contributed by atoms with E-state index in [0.717, 1.165) is 12.1 Å². The number of hydrogen-bond donors (Lipinski definition) is 1. The Balaban J connectivity index is 2.81. The third-order valence-corrected chi connectivity index (χ3v) is 4.00. The number of carbonyl (C=O) groups is 1. The van der Waals surface area contributed by atoms with Crippen molar-refractivity contribution in [3.8, 4) is 0 Å². The number of esters is 1. The van der Waals surface area contributed by atoms with Gasteiger partial charge in [-0.3, -0.25) is 0 Å². The number of alkyl halides is 3. The Bertz CT molecular complexity index is 1010. The molecule has 2 N–H and O–H groups in total. The monoisotopic (exact) mass is 450 g/mol. The van der Waals surface area contributed by atoms with E-state index in [1.165, 1.54) is 6.92 Å². The van der Waals surface area contributed by atoms with Gasteiger partial charge in [-0.15, -0.1) is 0 Å². The molecule has 30 heavy (non-hydrogen) atoms. The number of halogens is 7. The SMILES string of the molecule is CCOC(=O)C(=CN)C(=Nc1c(F)cc(F)cc1F)c1ccc(Cl)c(C(F)(F)F)c1. The van der Waals surface area contributed by atoms with E-state index >= 15 is 0 Å². The molecule has 0 saturated carbocycles. The molecule has 0 aliphatic rings. The minimum atomic E-state index is -4.87. The molecule has 2 aromatic rings. The van der Waals surface area contributed by atoms with Crippen molar-refractivity contribution in [2.45, 2.75) is 13.1 Å². The summed E-state index contributed by atoms with van der Waals surface area (Å²) >= 11 is 5.59. The van der Waals surface area contributed by atoms with Gasteiger partial charge in [0.15, 0.2) is 11.6 Å². The lowest BCUT2D eigenvalue weighted by atomic mass is 10.00. The van der Waals surface area contributed by atoms with Gasteiger partial charge in [-0.1, -0.05) is 17.7 Å². The fourth-order valence-corrected chi connectivity index (χ4v) is 2.60. The average Bonchev–Trinajstić information content (AvgIpc) is 2.63. The summed E-state index contributed by atoms with van der Waals surface area (Å²) in [5.74, 6) is -5.24. The summed E-state index contributed by atoms with van der Waals surface area (Å²) in [6, 6.07) is 3.07. The van der Waals surface area contributed by atoms with Gasteiger partial charge in [0, 0.05) is 23.9 Å². The maximum atomic E-state index is 14.1. The molecular weight excluding hydrogens is 438 g/mol. The molecule has 0 amide bonds. The number of hydrogen-bond acceptors (Lipinski definition) is 4. The molecule has 0 fully saturated rings. The number of aliphatic imine (C=N–C) groups is 1. The number of carbonyl (C=O) groups excluding carboxylic acids is 1. The van der Waals surface area contributed by atoms with Crippen molar-refractivity contribution in [2.75, 3.05) is 6.61 Å². The number of rotatable bonds is 5. The molecule has 2 aromatic carbocycles. The molecule has 2 rings (SSSR count).